The van der Waals surface area contributed by atoms with Gasteiger partial charge in [-0.15, -0.1) is 11.3 Å². The highest BCUT2D eigenvalue weighted by Crippen LogP contribution is 2.23. The lowest BCUT2D eigenvalue weighted by Gasteiger charge is -2.01. The van der Waals surface area contributed by atoms with Crippen LogP contribution in [0.15, 0.2) is 29.6 Å². The van der Waals surface area contributed by atoms with Crippen molar-refractivity contribution in [2.75, 3.05) is 7.11 Å². The number of carbonyl (C=O) groups excluding carboxylic acids is 1. The van der Waals surface area contributed by atoms with Crippen molar-refractivity contribution in [2.45, 2.75) is 6.42 Å². The van der Waals surface area contributed by atoms with E-state index < -0.39 is 11.6 Å². The molecule has 0 fully saturated rings. The van der Waals surface area contributed by atoms with Crippen LogP contribution in [0.2, 0.25) is 0 Å². The van der Waals surface area contributed by atoms with Crippen LogP contribution in [0.1, 0.15) is 15.2 Å². The monoisotopic (exact) mass is 268 g/mol. The Balaban J connectivity index is 2.18. The Morgan fingerprint density at radius 3 is 2.83 bits per heavy atom. The first-order valence-electron chi connectivity index (χ1n) is 5.20. The lowest BCUT2D eigenvalue weighted by atomic mass is 10.1. The van der Waals surface area contributed by atoms with E-state index in [9.17, 15) is 13.6 Å². The fraction of sp³-hybridized carbons (Fsp3) is 0.154. The van der Waals surface area contributed by atoms with Gasteiger partial charge in [0.05, 0.1) is 12.0 Å². The van der Waals surface area contributed by atoms with Gasteiger partial charge in [-0.05, 0) is 11.6 Å². The molecule has 0 aliphatic heterocycles. The number of halogens is 2. The predicted octanol–water partition coefficient (Wildman–Crippen LogP) is 3.46. The zero-order valence-electron chi connectivity index (χ0n) is 9.57. The second-order valence-electron chi connectivity index (χ2n) is 3.66. The van der Waals surface area contributed by atoms with Gasteiger partial charge in [-0.2, -0.15) is 0 Å². The number of benzene rings is 1. The molecule has 0 bridgehead atoms. The number of ketones is 1. The molecule has 1 aromatic carbocycles. The van der Waals surface area contributed by atoms with Crippen molar-refractivity contribution in [3.8, 4) is 5.75 Å². The SMILES string of the molecule is COc1csc(C(=O)Cc2cccc(F)c2F)c1. The fourth-order valence-electron chi connectivity index (χ4n) is 1.52. The van der Waals surface area contributed by atoms with Crippen LogP contribution in [0.3, 0.4) is 0 Å². The molecule has 94 valence electrons. The second kappa shape index (κ2) is 5.27. The van der Waals surface area contributed by atoms with Gasteiger partial charge in [0.25, 0.3) is 0 Å². The van der Waals surface area contributed by atoms with E-state index in [1.54, 1.807) is 11.4 Å². The topological polar surface area (TPSA) is 26.3 Å². The predicted molar refractivity (Wildman–Crippen MR) is 65.3 cm³/mol. The molecule has 0 aliphatic rings. The van der Waals surface area contributed by atoms with Crippen LogP contribution in [0.25, 0.3) is 0 Å². The maximum absolute atomic E-state index is 13.4. The van der Waals surface area contributed by atoms with Crippen LogP contribution in [0.4, 0.5) is 8.78 Å². The molecule has 0 unspecified atom stereocenters. The lowest BCUT2D eigenvalue weighted by Crippen LogP contribution is -2.04. The van der Waals surface area contributed by atoms with E-state index in [4.69, 9.17) is 4.74 Å². The number of Topliss-reactive ketones (excluding diaryl/α,β-unsaturated/α-hetero) is 1. The largest absolute Gasteiger partial charge is 0.496 e. The summed E-state index contributed by atoms with van der Waals surface area (Å²) in [6, 6.07) is 5.40. The van der Waals surface area contributed by atoms with Gasteiger partial charge in [0, 0.05) is 17.9 Å². The summed E-state index contributed by atoms with van der Waals surface area (Å²) in [5, 5.41) is 1.69. The molecule has 0 saturated carbocycles. The minimum absolute atomic E-state index is 0.0624. The van der Waals surface area contributed by atoms with Gasteiger partial charge in [-0.1, -0.05) is 12.1 Å². The van der Waals surface area contributed by atoms with Gasteiger partial charge in [0.1, 0.15) is 5.75 Å². The molecule has 18 heavy (non-hydrogen) atoms. The number of thiophene rings is 1. The quantitative estimate of drug-likeness (QED) is 0.794. The molecule has 0 aliphatic carbocycles. The summed E-state index contributed by atoms with van der Waals surface area (Å²) < 4.78 is 31.3. The van der Waals surface area contributed by atoms with Crippen LogP contribution in [0, 0.1) is 11.6 Å². The van der Waals surface area contributed by atoms with Gasteiger partial charge in [-0.3, -0.25) is 4.79 Å². The van der Waals surface area contributed by atoms with E-state index in [0.29, 0.717) is 10.6 Å². The van der Waals surface area contributed by atoms with Crippen LogP contribution < -0.4 is 4.74 Å². The van der Waals surface area contributed by atoms with Crippen LogP contribution >= 0.6 is 11.3 Å². The van der Waals surface area contributed by atoms with Crippen molar-refractivity contribution in [1.29, 1.82) is 0 Å². The van der Waals surface area contributed by atoms with Crippen LogP contribution in [0.5, 0.6) is 5.75 Å². The van der Waals surface area contributed by atoms with E-state index in [1.807, 2.05) is 0 Å². The second-order valence-corrected chi connectivity index (χ2v) is 4.57. The highest BCUT2D eigenvalue weighted by molar-refractivity contribution is 7.12. The Morgan fingerprint density at radius 2 is 2.17 bits per heavy atom. The minimum Gasteiger partial charge on any atom is -0.496 e. The third kappa shape index (κ3) is 2.56. The summed E-state index contributed by atoms with van der Waals surface area (Å²) in [5.41, 5.74) is 0.0624. The van der Waals surface area contributed by atoms with E-state index >= 15 is 0 Å². The number of rotatable bonds is 4. The molecule has 0 amide bonds. The Labute approximate surface area is 107 Å². The standard InChI is InChI=1S/C13H10F2O2S/c1-17-9-6-12(18-7-9)11(16)5-8-3-2-4-10(14)13(8)15/h2-4,6-7H,5H2,1H3. The van der Waals surface area contributed by atoms with Gasteiger partial charge >= 0.3 is 0 Å². The van der Waals surface area contributed by atoms with Crippen molar-refractivity contribution in [2.24, 2.45) is 0 Å². The highest BCUT2D eigenvalue weighted by atomic mass is 32.1. The molecule has 5 heteroatoms. The maximum Gasteiger partial charge on any atom is 0.177 e. The lowest BCUT2D eigenvalue weighted by molar-refractivity contribution is 0.0995. The molecular formula is C13H10F2O2S. The smallest absolute Gasteiger partial charge is 0.177 e. The van der Waals surface area contributed by atoms with Crippen molar-refractivity contribution in [1.82, 2.24) is 0 Å². The Hall–Kier alpha value is -1.75. The zero-order valence-corrected chi connectivity index (χ0v) is 10.4. The first-order chi connectivity index (χ1) is 8.61. The third-order valence-corrected chi connectivity index (χ3v) is 3.42. The fourth-order valence-corrected chi connectivity index (χ4v) is 2.31. The minimum atomic E-state index is -0.964. The van der Waals surface area contributed by atoms with E-state index in [-0.39, 0.29) is 17.8 Å². The molecule has 0 N–H and O–H groups in total. The number of carbonyl (C=O) groups is 1. The maximum atomic E-state index is 13.4. The third-order valence-electron chi connectivity index (χ3n) is 2.47. The molecule has 1 aromatic heterocycles. The molecule has 2 aromatic rings. The Kier molecular flexibility index (Phi) is 3.72. The molecule has 0 radical (unpaired) electrons. The summed E-state index contributed by atoms with van der Waals surface area (Å²) in [6.45, 7) is 0. The van der Waals surface area contributed by atoms with Crippen molar-refractivity contribution in [3.63, 3.8) is 0 Å². The normalized spacial score (nSPS) is 10.4. The molecule has 2 nitrogen and oxygen atoms in total. The van der Waals surface area contributed by atoms with E-state index in [1.165, 1.54) is 30.6 Å². The summed E-state index contributed by atoms with van der Waals surface area (Å²) in [4.78, 5) is 12.3. The first-order valence-corrected chi connectivity index (χ1v) is 6.08. The molecule has 2 rings (SSSR count). The Morgan fingerprint density at radius 1 is 1.39 bits per heavy atom. The van der Waals surface area contributed by atoms with Gasteiger partial charge in [0.15, 0.2) is 17.4 Å². The van der Waals surface area contributed by atoms with E-state index in [0.717, 1.165) is 6.07 Å². The van der Waals surface area contributed by atoms with Crippen molar-refractivity contribution < 1.29 is 18.3 Å². The number of hydrogen-bond acceptors (Lipinski definition) is 3. The summed E-state index contributed by atoms with van der Waals surface area (Å²) in [5.74, 6) is -1.57. The Bertz CT molecular complexity index is 578. The van der Waals surface area contributed by atoms with E-state index in [2.05, 4.69) is 0 Å². The summed E-state index contributed by atoms with van der Waals surface area (Å²) in [7, 11) is 1.50. The van der Waals surface area contributed by atoms with Crippen molar-refractivity contribution >= 4 is 17.1 Å². The van der Waals surface area contributed by atoms with Crippen LogP contribution in [-0.4, -0.2) is 12.9 Å². The molecular weight excluding hydrogens is 258 g/mol. The van der Waals surface area contributed by atoms with Gasteiger partial charge in [-0.25, -0.2) is 8.78 Å². The highest BCUT2D eigenvalue weighted by Gasteiger charge is 2.14. The van der Waals surface area contributed by atoms with Crippen LogP contribution in [-0.2, 0) is 6.42 Å². The number of hydrogen-bond donors (Lipinski definition) is 0. The molecule has 0 atom stereocenters. The molecule has 1 heterocycles. The van der Waals surface area contributed by atoms with Gasteiger partial charge < -0.3 is 4.74 Å². The zero-order chi connectivity index (χ0) is 13.1. The number of methoxy groups -OCH3 is 1. The summed E-state index contributed by atoms with van der Waals surface area (Å²) in [6.07, 6.45) is -0.159. The number of ether oxygens (including phenoxy) is 1. The average Bonchev–Trinajstić information content (AvgIpc) is 2.83. The average molecular weight is 268 g/mol. The molecule has 0 spiro atoms. The van der Waals surface area contributed by atoms with Crippen molar-refractivity contribution in [3.05, 3.63) is 51.7 Å². The molecule has 0 saturated heterocycles. The first kappa shape index (κ1) is 12.7. The summed E-state index contributed by atoms with van der Waals surface area (Å²) >= 11 is 1.22. The van der Waals surface area contributed by atoms with Gasteiger partial charge in [0.2, 0.25) is 0 Å².